The molecule has 9 heteroatoms. The number of carbonyl (C=O) groups is 3. The van der Waals surface area contributed by atoms with Gasteiger partial charge in [-0.15, -0.1) is 0 Å². The van der Waals surface area contributed by atoms with Crippen LogP contribution in [0.3, 0.4) is 0 Å². The van der Waals surface area contributed by atoms with Gasteiger partial charge >= 0.3 is 12.0 Å². The van der Waals surface area contributed by atoms with Gasteiger partial charge in [0.1, 0.15) is 5.56 Å². The van der Waals surface area contributed by atoms with E-state index in [2.05, 4.69) is 10.6 Å². The number of esters is 1. The highest BCUT2D eigenvalue weighted by Crippen LogP contribution is 2.23. The van der Waals surface area contributed by atoms with Crippen molar-refractivity contribution in [2.24, 2.45) is 5.92 Å². The summed E-state index contributed by atoms with van der Waals surface area (Å²) in [5.74, 6) is -1.48. The predicted molar refractivity (Wildman–Crippen MR) is 91.5 cm³/mol. The van der Waals surface area contributed by atoms with Crippen molar-refractivity contribution in [1.29, 1.82) is 0 Å². The van der Waals surface area contributed by atoms with Crippen molar-refractivity contribution in [2.75, 3.05) is 6.61 Å². The number of ether oxygens (including phenoxy) is 1. The second-order valence-electron chi connectivity index (χ2n) is 6.24. The average molecular weight is 363 g/mol. The first-order valence-electron chi connectivity index (χ1n) is 8.39. The standard InChI is InChI=1S/C17H21N3O6/c1-11-6-2-4-8-13(11)18-17(23)19-15(21)10-26-16(22)12-7-3-5-9-14(12)20(24)25/h3,5,7,9,11,13H,2,4,6,8,10H2,1H3,(H2,18,19,21,23)/t11-,13+/m0/s1. The van der Waals surface area contributed by atoms with Crippen molar-refractivity contribution in [1.82, 2.24) is 10.6 Å². The molecule has 0 heterocycles. The third-order valence-electron chi connectivity index (χ3n) is 4.34. The maximum absolute atomic E-state index is 11.9. The highest BCUT2D eigenvalue weighted by Gasteiger charge is 2.24. The van der Waals surface area contributed by atoms with Crippen LogP contribution in [-0.4, -0.2) is 35.5 Å². The van der Waals surface area contributed by atoms with Gasteiger partial charge in [-0.25, -0.2) is 9.59 Å². The number of nitrogens with one attached hydrogen (secondary N) is 2. The molecule has 9 nitrogen and oxygen atoms in total. The lowest BCUT2D eigenvalue weighted by atomic mass is 9.86. The average Bonchev–Trinajstić information content (AvgIpc) is 2.61. The molecule has 1 aromatic carbocycles. The molecular weight excluding hydrogens is 342 g/mol. The van der Waals surface area contributed by atoms with Gasteiger partial charge in [0, 0.05) is 12.1 Å². The topological polar surface area (TPSA) is 128 Å². The Morgan fingerprint density at radius 1 is 1.23 bits per heavy atom. The second kappa shape index (κ2) is 8.93. The summed E-state index contributed by atoms with van der Waals surface area (Å²) >= 11 is 0. The number of nitro benzene ring substituents is 1. The Hall–Kier alpha value is -2.97. The van der Waals surface area contributed by atoms with Gasteiger partial charge in [-0.05, 0) is 24.8 Å². The van der Waals surface area contributed by atoms with Gasteiger partial charge in [-0.1, -0.05) is 31.9 Å². The largest absolute Gasteiger partial charge is 0.452 e. The van der Waals surface area contributed by atoms with Crippen molar-refractivity contribution < 1.29 is 24.0 Å². The highest BCUT2D eigenvalue weighted by molar-refractivity contribution is 5.98. The van der Waals surface area contributed by atoms with Crippen LogP contribution in [0.25, 0.3) is 0 Å². The molecular formula is C17H21N3O6. The van der Waals surface area contributed by atoms with E-state index in [1.54, 1.807) is 0 Å². The van der Waals surface area contributed by atoms with Gasteiger partial charge in [0.2, 0.25) is 0 Å². The number of benzene rings is 1. The first kappa shape index (κ1) is 19.4. The number of amides is 3. The van der Waals surface area contributed by atoms with Crippen LogP contribution in [0.15, 0.2) is 24.3 Å². The first-order chi connectivity index (χ1) is 12.4. The summed E-state index contributed by atoms with van der Waals surface area (Å²) in [7, 11) is 0. The Labute approximate surface area is 150 Å². The first-order valence-corrected chi connectivity index (χ1v) is 8.39. The van der Waals surface area contributed by atoms with Crippen LogP contribution in [0.1, 0.15) is 43.0 Å². The van der Waals surface area contributed by atoms with E-state index < -0.39 is 35.1 Å². The molecule has 0 spiro atoms. The molecule has 0 radical (unpaired) electrons. The fraction of sp³-hybridized carbons (Fsp3) is 0.471. The second-order valence-corrected chi connectivity index (χ2v) is 6.24. The summed E-state index contributed by atoms with van der Waals surface area (Å²) in [5.41, 5.74) is -0.673. The molecule has 1 aliphatic rings. The lowest BCUT2D eigenvalue weighted by Gasteiger charge is -2.29. The normalized spacial score (nSPS) is 19.3. The van der Waals surface area contributed by atoms with Crippen molar-refractivity contribution in [3.63, 3.8) is 0 Å². The van der Waals surface area contributed by atoms with Gasteiger partial charge in [0.15, 0.2) is 6.61 Å². The molecule has 2 rings (SSSR count). The number of hydrogen-bond donors (Lipinski definition) is 2. The van der Waals surface area contributed by atoms with Crippen molar-refractivity contribution >= 4 is 23.6 Å². The molecule has 2 N–H and O–H groups in total. The zero-order valence-corrected chi connectivity index (χ0v) is 14.4. The number of rotatable bonds is 5. The molecule has 0 aliphatic heterocycles. The van der Waals surface area contributed by atoms with Crippen molar-refractivity contribution in [3.8, 4) is 0 Å². The molecule has 0 bridgehead atoms. The van der Waals surface area contributed by atoms with E-state index in [1.165, 1.54) is 18.2 Å². The van der Waals surface area contributed by atoms with Crippen LogP contribution in [0, 0.1) is 16.0 Å². The lowest BCUT2D eigenvalue weighted by Crippen LogP contribution is -2.48. The summed E-state index contributed by atoms with van der Waals surface area (Å²) < 4.78 is 4.76. The minimum Gasteiger partial charge on any atom is -0.452 e. The molecule has 0 saturated heterocycles. The van der Waals surface area contributed by atoms with E-state index >= 15 is 0 Å². The van der Waals surface area contributed by atoms with E-state index in [0.29, 0.717) is 5.92 Å². The fourth-order valence-electron chi connectivity index (χ4n) is 2.91. The van der Waals surface area contributed by atoms with Gasteiger partial charge in [0.05, 0.1) is 4.92 Å². The molecule has 0 unspecified atom stereocenters. The molecule has 0 aromatic heterocycles. The Morgan fingerprint density at radius 3 is 2.62 bits per heavy atom. The number of carbonyl (C=O) groups excluding carboxylic acids is 3. The SMILES string of the molecule is C[C@H]1CCCC[C@H]1NC(=O)NC(=O)COC(=O)c1ccccc1[N+](=O)[O-]. The summed E-state index contributed by atoms with van der Waals surface area (Å²) in [6.07, 6.45) is 4.03. The van der Waals surface area contributed by atoms with Crippen LogP contribution in [0.4, 0.5) is 10.5 Å². The van der Waals surface area contributed by atoms with Crippen molar-refractivity contribution in [2.45, 2.75) is 38.6 Å². The van der Waals surface area contributed by atoms with Gasteiger partial charge in [-0.3, -0.25) is 20.2 Å². The molecule has 2 atom stereocenters. The summed E-state index contributed by atoms with van der Waals surface area (Å²) in [6.45, 7) is 1.33. The quantitative estimate of drug-likeness (QED) is 0.469. The summed E-state index contributed by atoms with van der Waals surface area (Å²) in [5, 5.41) is 15.7. The van der Waals surface area contributed by atoms with E-state index in [1.807, 2.05) is 6.92 Å². The van der Waals surface area contributed by atoms with Crippen LogP contribution in [0.2, 0.25) is 0 Å². The minimum atomic E-state index is -1.01. The number of para-hydroxylation sites is 1. The number of urea groups is 1. The third kappa shape index (κ3) is 5.27. The zero-order chi connectivity index (χ0) is 19.1. The predicted octanol–water partition coefficient (Wildman–Crippen LogP) is 2.16. The van der Waals surface area contributed by atoms with E-state index in [-0.39, 0.29) is 11.6 Å². The molecule has 1 fully saturated rings. The molecule has 1 aliphatic carbocycles. The zero-order valence-electron chi connectivity index (χ0n) is 14.4. The Kier molecular flexibility index (Phi) is 6.65. The summed E-state index contributed by atoms with van der Waals surface area (Å²) in [6, 6.07) is 4.62. The highest BCUT2D eigenvalue weighted by atomic mass is 16.6. The Balaban J connectivity index is 1.82. The van der Waals surface area contributed by atoms with Gasteiger partial charge in [-0.2, -0.15) is 0 Å². The molecule has 3 amide bonds. The number of hydrogen-bond acceptors (Lipinski definition) is 6. The monoisotopic (exact) mass is 363 g/mol. The van der Waals surface area contributed by atoms with E-state index in [9.17, 15) is 24.5 Å². The smallest absolute Gasteiger partial charge is 0.345 e. The molecule has 1 aromatic rings. The number of nitro groups is 1. The molecule has 140 valence electrons. The van der Waals surface area contributed by atoms with Gasteiger partial charge < -0.3 is 10.1 Å². The van der Waals surface area contributed by atoms with Crippen LogP contribution >= 0.6 is 0 Å². The minimum absolute atomic E-state index is 0.00562. The maximum Gasteiger partial charge on any atom is 0.345 e. The number of nitrogens with zero attached hydrogens (tertiary/aromatic N) is 1. The van der Waals surface area contributed by atoms with Crippen LogP contribution < -0.4 is 10.6 Å². The van der Waals surface area contributed by atoms with E-state index in [4.69, 9.17) is 4.74 Å². The Bertz CT molecular complexity index is 705. The molecule has 1 saturated carbocycles. The van der Waals surface area contributed by atoms with Crippen molar-refractivity contribution in [3.05, 3.63) is 39.9 Å². The van der Waals surface area contributed by atoms with Gasteiger partial charge in [0.25, 0.3) is 11.6 Å². The van der Waals surface area contributed by atoms with E-state index in [0.717, 1.165) is 31.7 Å². The van der Waals surface area contributed by atoms with Crippen LogP contribution in [0.5, 0.6) is 0 Å². The molecule has 26 heavy (non-hydrogen) atoms. The maximum atomic E-state index is 11.9. The fourth-order valence-corrected chi connectivity index (χ4v) is 2.91. The number of imide groups is 1. The Morgan fingerprint density at radius 2 is 1.92 bits per heavy atom. The third-order valence-corrected chi connectivity index (χ3v) is 4.34. The van der Waals surface area contributed by atoms with Crippen LogP contribution in [-0.2, 0) is 9.53 Å². The lowest BCUT2D eigenvalue weighted by molar-refractivity contribution is -0.385. The summed E-state index contributed by atoms with van der Waals surface area (Å²) in [4.78, 5) is 45.7.